The Morgan fingerprint density at radius 2 is 1.82 bits per heavy atom. The number of benzene rings is 3. The lowest BCUT2D eigenvalue weighted by Gasteiger charge is -2.10. The zero-order valence-corrected chi connectivity index (χ0v) is 19.4. The normalized spacial score (nSPS) is 15.5. The highest BCUT2D eigenvalue weighted by molar-refractivity contribution is 8.18. The molecular formula is C25H19ClN2O4S. The lowest BCUT2D eigenvalue weighted by Crippen LogP contribution is -2.19. The van der Waals surface area contributed by atoms with Gasteiger partial charge in [-0.2, -0.15) is 0 Å². The van der Waals surface area contributed by atoms with Crippen molar-refractivity contribution in [2.45, 2.75) is 6.92 Å². The fourth-order valence-corrected chi connectivity index (χ4v) is 4.06. The lowest BCUT2D eigenvalue weighted by atomic mass is 10.2. The van der Waals surface area contributed by atoms with E-state index in [4.69, 9.17) is 21.1 Å². The van der Waals surface area contributed by atoms with Gasteiger partial charge in [-0.25, -0.2) is 9.79 Å². The standard InChI is InChI=1S/C25H19ClN2O4S/c1-15-7-10-17(11-8-15)27-25-28-23(29)22(33-25)14-16-9-12-20(21(13-16)31-2)32-24(30)18-5-3-4-6-19(18)26/h3-14H,1-2H3,(H,27,28,29)/b22-14+. The molecule has 1 heterocycles. The fourth-order valence-electron chi connectivity index (χ4n) is 3.01. The number of esters is 1. The summed E-state index contributed by atoms with van der Waals surface area (Å²) in [5, 5.41) is 3.58. The molecule has 0 aliphatic carbocycles. The minimum absolute atomic E-state index is 0.237. The number of methoxy groups -OCH3 is 1. The van der Waals surface area contributed by atoms with E-state index in [0.29, 0.717) is 26.4 Å². The summed E-state index contributed by atoms with van der Waals surface area (Å²) < 4.78 is 10.9. The third-order valence-electron chi connectivity index (χ3n) is 4.70. The topological polar surface area (TPSA) is 77.0 Å². The second kappa shape index (κ2) is 9.94. The Bertz CT molecular complexity index is 1290. The van der Waals surface area contributed by atoms with Crippen LogP contribution in [0.3, 0.4) is 0 Å². The number of carbonyl (C=O) groups is 2. The van der Waals surface area contributed by atoms with Gasteiger partial charge in [-0.1, -0.05) is 47.5 Å². The molecule has 0 atom stereocenters. The zero-order chi connectivity index (χ0) is 23.4. The number of amidine groups is 1. The van der Waals surface area contributed by atoms with Crippen molar-refractivity contribution in [3.63, 3.8) is 0 Å². The predicted molar refractivity (Wildman–Crippen MR) is 131 cm³/mol. The van der Waals surface area contributed by atoms with Gasteiger partial charge in [-0.15, -0.1) is 0 Å². The van der Waals surface area contributed by atoms with Gasteiger partial charge in [0.05, 0.1) is 28.3 Å². The van der Waals surface area contributed by atoms with Crippen molar-refractivity contribution < 1.29 is 19.1 Å². The van der Waals surface area contributed by atoms with Crippen molar-refractivity contribution in [2.24, 2.45) is 4.99 Å². The first-order valence-electron chi connectivity index (χ1n) is 9.94. The highest BCUT2D eigenvalue weighted by atomic mass is 35.5. The Labute approximate surface area is 200 Å². The molecule has 0 saturated carbocycles. The van der Waals surface area contributed by atoms with Gasteiger partial charge in [0, 0.05) is 0 Å². The maximum Gasteiger partial charge on any atom is 0.345 e. The number of hydrogen-bond donors (Lipinski definition) is 1. The number of carbonyl (C=O) groups excluding carboxylic acids is 2. The first kappa shape index (κ1) is 22.6. The third kappa shape index (κ3) is 5.45. The van der Waals surface area contributed by atoms with Crippen molar-refractivity contribution in [1.82, 2.24) is 5.32 Å². The number of aliphatic imine (C=N–C) groups is 1. The molecule has 8 heteroatoms. The Morgan fingerprint density at radius 1 is 1.06 bits per heavy atom. The summed E-state index contributed by atoms with van der Waals surface area (Å²) in [6, 6.07) is 19.4. The van der Waals surface area contributed by atoms with Crippen LogP contribution in [0, 0.1) is 6.92 Å². The van der Waals surface area contributed by atoms with Gasteiger partial charge in [-0.3, -0.25) is 4.79 Å². The van der Waals surface area contributed by atoms with Crippen molar-refractivity contribution in [1.29, 1.82) is 0 Å². The third-order valence-corrected chi connectivity index (χ3v) is 5.94. The van der Waals surface area contributed by atoms with Gasteiger partial charge < -0.3 is 14.8 Å². The minimum atomic E-state index is -0.590. The monoisotopic (exact) mass is 478 g/mol. The molecular weight excluding hydrogens is 460 g/mol. The molecule has 1 aliphatic heterocycles. The molecule has 1 N–H and O–H groups in total. The summed E-state index contributed by atoms with van der Waals surface area (Å²) in [5.41, 5.74) is 2.86. The average molecular weight is 479 g/mol. The van der Waals surface area contributed by atoms with Crippen LogP contribution < -0.4 is 14.8 Å². The molecule has 1 aliphatic rings. The van der Waals surface area contributed by atoms with Crippen LogP contribution in [0.5, 0.6) is 11.5 Å². The van der Waals surface area contributed by atoms with Gasteiger partial charge >= 0.3 is 5.97 Å². The molecule has 1 fully saturated rings. The SMILES string of the molecule is COc1cc(/C=C2/SC(=Nc3ccc(C)cc3)NC2=O)ccc1OC(=O)c1ccccc1Cl. The van der Waals surface area contributed by atoms with Crippen LogP contribution in [0.15, 0.2) is 76.6 Å². The van der Waals surface area contributed by atoms with E-state index in [2.05, 4.69) is 10.3 Å². The van der Waals surface area contributed by atoms with E-state index in [1.54, 1.807) is 48.5 Å². The number of rotatable bonds is 5. The first-order valence-corrected chi connectivity index (χ1v) is 11.1. The summed E-state index contributed by atoms with van der Waals surface area (Å²) in [5.74, 6) is -0.233. The largest absolute Gasteiger partial charge is 0.493 e. The molecule has 1 saturated heterocycles. The van der Waals surface area contributed by atoms with Crippen LogP contribution in [0.2, 0.25) is 5.02 Å². The maximum absolute atomic E-state index is 12.5. The predicted octanol–water partition coefficient (Wildman–Crippen LogP) is 5.77. The quantitative estimate of drug-likeness (QED) is 0.286. The summed E-state index contributed by atoms with van der Waals surface area (Å²) >= 11 is 7.32. The Hall–Kier alpha value is -3.55. The molecule has 3 aromatic carbocycles. The minimum Gasteiger partial charge on any atom is -0.493 e. The number of aryl methyl sites for hydroxylation is 1. The number of amides is 1. The van der Waals surface area contributed by atoms with Gasteiger partial charge in [0.1, 0.15) is 0 Å². The molecule has 0 radical (unpaired) electrons. The van der Waals surface area contributed by atoms with Crippen LogP contribution in [0.4, 0.5) is 5.69 Å². The molecule has 33 heavy (non-hydrogen) atoms. The highest BCUT2D eigenvalue weighted by Gasteiger charge is 2.24. The molecule has 0 spiro atoms. The van der Waals surface area contributed by atoms with Crippen LogP contribution in [0.1, 0.15) is 21.5 Å². The Balaban J connectivity index is 1.52. The number of nitrogens with one attached hydrogen (secondary N) is 1. The van der Waals surface area contributed by atoms with Gasteiger partial charge in [-0.05, 0) is 66.7 Å². The highest BCUT2D eigenvalue weighted by Crippen LogP contribution is 2.33. The average Bonchev–Trinajstić information content (AvgIpc) is 3.15. The number of nitrogens with zero attached hydrogens (tertiary/aromatic N) is 1. The summed E-state index contributed by atoms with van der Waals surface area (Å²) in [4.78, 5) is 29.8. The second-order valence-corrected chi connectivity index (χ2v) is 8.53. The second-order valence-electron chi connectivity index (χ2n) is 7.10. The molecule has 0 aromatic heterocycles. The van der Waals surface area contributed by atoms with E-state index < -0.39 is 5.97 Å². The summed E-state index contributed by atoms with van der Waals surface area (Å²) in [7, 11) is 1.47. The number of halogens is 1. The number of thioether (sulfide) groups is 1. The van der Waals surface area contributed by atoms with E-state index in [1.807, 2.05) is 31.2 Å². The number of hydrogen-bond acceptors (Lipinski definition) is 6. The zero-order valence-electron chi connectivity index (χ0n) is 17.8. The molecule has 1 amide bonds. The van der Waals surface area contributed by atoms with Crippen molar-refractivity contribution in [3.05, 3.63) is 93.3 Å². The van der Waals surface area contributed by atoms with Crippen molar-refractivity contribution in [3.8, 4) is 11.5 Å². The molecule has 0 unspecified atom stereocenters. The van der Waals surface area contributed by atoms with E-state index in [-0.39, 0.29) is 17.2 Å². The molecule has 6 nitrogen and oxygen atoms in total. The lowest BCUT2D eigenvalue weighted by molar-refractivity contribution is -0.115. The number of ether oxygens (including phenoxy) is 2. The van der Waals surface area contributed by atoms with Crippen LogP contribution in [-0.4, -0.2) is 24.2 Å². The molecule has 0 bridgehead atoms. The van der Waals surface area contributed by atoms with Crippen LogP contribution >= 0.6 is 23.4 Å². The molecule has 3 aromatic rings. The fraction of sp³-hybridized carbons (Fsp3) is 0.0800. The summed E-state index contributed by atoms with van der Waals surface area (Å²) in [6.07, 6.45) is 1.72. The molecule has 4 rings (SSSR count). The van der Waals surface area contributed by atoms with Crippen LogP contribution in [0.25, 0.3) is 6.08 Å². The van der Waals surface area contributed by atoms with Crippen LogP contribution in [-0.2, 0) is 4.79 Å². The van der Waals surface area contributed by atoms with Crippen molar-refractivity contribution >= 4 is 52.2 Å². The van der Waals surface area contributed by atoms with E-state index in [9.17, 15) is 9.59 Å². The van der Waals surface area contributed by atoms with Gasteiger partial charge in [0.2, 0.25) is 0 Å². The van der Waals surface area contributed by atoms with E-state index in [0.717, 1.165) is 11.3 Å². The maximum atomic E-state index is 12.5. The van der Waals surface area contributed by atoms with Crippen molar-refractivity contribution in [2.75, 3.05) is 7.11 Å². The first-order chi connectivity index (χ1) is 15.9. The van der Waals surface area contributed by atoms with Gasteiger partial charge in [0.25, 0.3) is 5.91 Å². The van der Waals surface area contributed by atoms with E-state index in [1.165, 1.54) is 18.9 Å². The Morgan fingerprint density at radius 3 is 2.55 bits per heavy atom. The molecule has 166 valence electrons. The Kier molecular flexibility index (Phi) is 6.82. The smallest absolute Gasteiger partial charge is 0.345 e. The van der Waals surface area contributed by atoms with Gasteiger partial charge in [0.15, 0.2) is 16.7 Å². The van der Waals surface area contributed by atoms with E-state index >= 15 is 0 Å². The summed E-state index contributed by atoms with van der Waals surface area (Å²) in [6.45, 7) is 2.00.